The van der Waals surface area contributed by atoms with Gasteiger partial charge in [-0.25, -0.2) is 9.59 Å². The molecule has 9 heteroatoms. The number of nitrogens with one attached hydrogen (secondary N) is 1. The minimum atomic E-state index is -1.00. The van der Waals surface area contributed by atoms with Crippen LogP contribution in [0.3, 0.4) is 0 Å². The van der Waals surface area contributed by atoms with Crippen molar-refractivity contribution >= 4 is 18.0 Å². The lowest BCUT2D eigenvalue weighted by Gasteiger charge is -2.29. The Morgan fingerprint density at radius 2 is 1.41 bits per heavy atom. The van der Waals surface area contributed by atoms with E-state index in [1.54, 1.807) is 0 Å². The van der Waals surface area contributed by atoms with Gasteiger partial charge in [-0.2, -0.15) is 0 Å². The molecular weight excluding hydrogens is 496 g/mol. The van der Waals surface area contributed by atoms with Crippen LogP contribution in [0.25, 0.3) is 0 Å². The first-order valence-electron chi connectivity index (χ1n) is 12.2. The quantitative estimate of drug-likeness (QED) is 0.235. The Kier molecular flexibility index (Phi) is 13.9. The molecule has 0 aliphatic carbocycles. The van der Waals surface area contributed by atoms with Crippen LogP contribution in [0.2, 0.25) is 0 Å². The van der Waals surface area contributed by atoms with Gasteiger partial charge in [-0.15, -0.1) is 0 Å². The number of hydrogen-bond acceptors (Lipinski definition) is 6. The number of ether oxygens (including phenoxy) is 3. The molecule has 0 radical (unpaired) electrons. The van der Waals surface area contributed by atoms with Crippen LogP contribution in [-0.4, -0.2) is 62.3 Å². The SMILES string of the molecule is CC(C)C[C@H](NC(=O)OCc1ccccc1)C(=O)OC(=O)CC(C[N+](C)(C)C)OCc1ccccc1.[Cl-]. The molecule has 2 aromatic carbocycles. The van der Waals surface area contributed by atoms with Crippen molar-refractivity contribution in [3.05, 3.63) is 71.8 Å². The summed E-state index contributed by atoms with van der Waals surface area (Å²) < 4.78 is 16.9. The third-order valence-electron chi connectivity index (χ3n) is 5.19. The Morgan fingerprint density at radius 1 is 0.865 bits per heavy atom. The third-order valence-corrected chi connectivity index (χ3v) is 5.19. The Hall–Kier alpha value is -2.94. The molecule has 0 heterocycles. The number of likely N-dealkylation sites (N-methyl/N-ethyl adjacent to an activating group) is 1. The predicted molar refractivity (Wildman–Crippen MR) is 137 cm³/mol. The highest BCUT2D eigenvalue weighted by atomic mass is 35.5. The van der Waals surface area contributed by atoms with Crippen LogP contribution in [0.1, 0.15) is 37.8 Å². The number of carbonyl (C=O) groups excluding carboxylic acids is 3. The Bertz CT molecular complexity index is 964. The summed E-state index contributed by atoms with van der Waals surface area (Å²) in [6.07, 6.45) is -0.971. The summed E-state index contributed by atoms with van der Waals surface area (Å²) in [4.78, 5) is 37.8. The molecule has 1 amide bonds. The third kappa shape index (κ3) is 13.8. The van der Waals surface area contributed by atoms with Crippen molar-refractivity contribution in [3.63, 3.8) is 0 Å². The average molecular weight is 535 g/mol. The number of hydrogen-bond donors (Lipinski definition) is 1. The van der Waals surface area contributed by atoms with Gasteiger partial charge in [0.1, 0.15) is 25.3 Å². The lowest BCUT2D eigenvalue weighted by atomic mass is 10.0. The number of rotatable bonds is 13. The maximum absolute atomic E-state index is 12.8. The van der Waals surface area contributed by atoms with Crippen molar-refractivity contribution < 1.29 is 45.5 Å². The van der Waals surface area contributed by atoms with Crippen molar-refractivity contribution in [2.75, 3.05) is 27.7 Å². The fourth-order valence-corrected chi connectivity index (χ4v) is 3.58. The van der Waals surface area contributed by atoms with E-state index in [0.717, 1.165) is 11.1 Å². The van der Waals surface area contributed by atoms with E-state index in [1.807, 2.05) is 95.7 Å². The summed E-state index contributed by atoms with van der Waals surface area (Å²) in [5.74, 6) is -1.43. The fourth-order valence-electron chi connectivity index (χ4n) is 3.58. The highest BCUT2D eigenvalue weighted by Gasteiger charge is 2.29. The first kappa shape index (κ1) is 32.1. The van der Waals surface area contributed by atoms with Gasteiger partial charge in [0.05, 0.1) is 34.2 Å². The average Bonchev–Trinajstić information content (AvgIpc) is 2.81. The van der Waals surface area contributed by atoms with Crippen LogP contribution in [0.15, 0.2) is 60.7 Å². The number of amides is 1. The van der Waals surface area contributed by atoms with Gasteiger partial charge in [-0.05, 0) is 23.5 Å². The lowest BCUT2D eigenvalue weighted by molar-refractivity contribution is -0.873. The normalized spacial score (nSPS) is 12.7. The van der Waals surface area contributed by atoms with Crippen LogP contribution < -0.4 is 17.7 Å². The highest BCUT2D eigenvalue weighted by molar-refractivity contribution is 5.90. The van der Waals surface area contributed by atoms with Gasteiger partial charge < -0.3 is 36.4 Å². The summed E-state index contributed by atoms with van der Waals surface area (Å²) in [7, 11) is 6.00. The number of carbonyl (C=O) groups is 3. The van der Waals surface area contributed by atoms with Crippen molar-refractivity contribution in [3.8, 4) is 0 Å². The molecule has 204 valence electrons. The van der Waals surface area contributed by atoms with Crippen molar-refractivity contribution in [1.82, 2.24) is 5.32 Å². The molecule has 1 N–H and O–H groups in total. The van der Waals surface area contributed by atoms with Crippen molar-refractivity contribution in [1.29, 1.82) is 0 Å². The number of alkyl carbamates (subject to hydrolysis) is 1. The smallest absolute Gasteiger partial charge is 0.408 e. The minimum absolute atomic E-state index is 0. The molecule has 0 bridgehead atoms. The number of halogens is 1. The van der Waals surface area contributed by atoms with Gasteiger partial charge in [-0.1, -0.05) is 74.5 Å². The summed E-state index contributed by atoms with van der Waals surface area (Å²) in [6.45, 7) is 4.79. The molecule has 8 nitrogen and oxygen atoms in total. The zero-order chi connectivity index (χ0) is 26.6. The zero-order valence-corrected chi connectivity index (χ0v) is 23.1. The van der Waals surface area contributed by atoms with Gasteiger partial charge in [-0.3, -0.25) is 4.79 Å². The molecule has 0 saturated carbocycles. The van der Waals surface area contributed by atoms with Gasteiger partial charge in [0.15, 0.2) is 0 Å². The molecule has 2 aromatic rings. The van der Waals surface area contributed by atoms with E-state index in [0.29, 0.717) is 24.1 Å². The van der Waals surface area contributed by atoms with Crippen LogP contribution in [0.5, 0.6) is 0 Å². The molecule has 2 rings (SSSR count). The Balaban J connectivity index is 0.00000684. The second-order valence-corrected chi connectivity index (χ2v) is 10.3. The van der Waals surface area contributed by atoms with Gasteiger partial charge in [0.2, 0.25) is 0 Å². The van der Waals surface area contributed by atoms with Crippen LogP contribution >= 0.6 is 0 Å². The van der Waals surface area contributed by atoms with E-state index >= 15 is 0 Å². The maximum Gasteiger partial charge on any atom is 0.408 e. The molecule has 37 heavy (non-hydrogen) atoms. The lowest BCUT2D eigenvalue weighted by Crippen LogP contribution is -3.00. The molecule has 0 fully saturated rings. The second kappa shape index (κ2) is 16.0. The molecule has 1 unspecified atom stereocenters. The van der Waals surface area contributed by atoms with E-state index in [9.17, 15) is 14.4 Å². The first-order valence-corrected chi connectivity index (χ1v) is 12.2. The summed E-state index contributed by atoms with van der Waals surface area (Å²) >= 11 is 0. The van der Waals surface area contributed by atoms with Crippen molar-refractivity contribution in [2.24, 2.45) is 5.92 Å². The van der Waals surface area contributed by atoms with Crippen LogP contribution in [0, 0.1) is 5.92 Å². The Morgan fingerprint density at radius 3 is 1.92 bits per heavy atom. The highest BCUT2D eigenvalue weighted by Crippen LogP contribution is 2.12. The van der Waals surface area contributed by atoms with Crippen LogP contribution in [-0.2, 0) is 37.0 Å². The van der Waals surface area contributed by atoms with Gasteiger partial charge in [0.25, 0.3) is 0 Å². The van der Waals surface area contributed by atoms with E-state index < -0.39 is 30.2 Å². The monoisotopic (exact) mass is 534 g/mol. The van der Waals surface area contributed by atoms with Gasteiger partial charge in [0, 0.05) is 0 Å². The molecule has 0 aliphatic rings. The zero-order valence-electron chi connectivity index (χ0n) is 22.3. The van der Waals surface area contributed by atoms with E-state index in [1.165, 1.54) is 0 Å². The topological polar surface area (TPSA) is 90.9 Å². The number of quaternary nitrogens is 1. The summed E-state index contributed by atoms with van der Waals surface area (Å²) in [5, 5.41) is 2.54. The standard InChI is InChI=1S/C28H38N2O6.ClH/c1-21(2)16-25(29-28(33)35-20-23-14-10-7-11-15-23)27(32)36-26(31)17-24(18-30(3,4)5)34-19-22-12-8-6-9-13-22;/h6-15,21,24-25H,16-20H2,1-5H3;1H/t24?,25-;/m0./s1. The molecular formula is C28H39ClN2O6. The number of esters is 2. The molecule has 0 aliphatic heterocycles. The van der Waals surface area contributed by atoms with Gasteiger partial charge >= 0.3 is 18.0 Å². The molecule has 0 saturated heterocycles. The summed E-state index contributed by atoms with van der Waals surface area (Å²) in [5.41, 5.74) is 1.81. The number of nitrogens with zero attached hydrogens (tertiary/aromatic N) is 1. The minimum Gasteiger partial charge on any atom is -1.00 e. The fraction of sp³-hybridized carbons (Fsp3) is 0.464. The number of benzene rings is 2. The van der Waals surface area contributed by atoms with Crippen molar-refractivity contribution in [2.45, 2.75) is 52.0 Å². The maximum atomic E-state index is 12.8. The second-order valence-electron chi connectivity index (χ2n) is 10.3. The largest absolute Gasteiger partial charge is 1.00 e. The van der Waals surface area contributed by atoms with E-state index in [4.69, 9.17) is 14.2 Å². The van der Waals surface area contributed by atoms with E-state index in [2.05, 4.69) is 5.32 Å². The predicted octanol–water partition coefficient (Wildman–Crippen LogP) is 1.08. The van der Waals surface area contributed by atoms with Crippen LogP contribution in [0.4, 0.5) is 4.79 Å². The molecule has 0 spiro atoms. The summed E-state index contributed by atoms with van der Waals surface area (Å²) in [6, 6.07) is 17.9. The first-order chi connectivity index (χ1) is 17.0. The Labute approximate surface area is 226 Å². The van der Waals surface area contributed by atoms with E-state index in [-0.39, 0.29) is 31.4 Å². The molecule has 2 atom stereocenters. The molecule has 0 aromatic heterocycles.